The van der Waals surface area contributed by atoms with E-state index in [1.54, 1.807) is 11.0 Å². The average Bonchev–Trinajstić information content (AvgIpc) is 3.44. The summed E-state index contributed by atoms with van der Waals surface area (Å²) in [5.74, 6) is 0.0728. The molecule has 2 saturated heterocycles. The SMILES string of the molecule is O=[N+]([O-])c1ccc(/C=C/c2nc(N3C[C@H](O)[C@@H](O)C3)c3cc(N4CCOCC4)c(F)cc3n2)o1. The Morgan fingerprint density at radius 2 is 1.82 bits per heavy atom. The Balaban J connectivity index is 1.57. The Labute approximate surface area is 192 Å². The molecule has 34 heavy (non-hydrogen) atoms. The van der Waals surface area contributed by atoms with Crippen LogP contribution in [0.2, 0.25) is 0 Å². The molecule has 178 valence electrons. The van der Waals surface area contributed by atoms with E-state index in [0.29, 0.717) is 48.7 Å². The van der Waals surface area contributed by atoms with E-state index >= 15 is 4.39 Å². The molecule has 0 aliphatic carbocycles. The molecular formula is C22H22FN5O6. The van der Waals surface area contributed by atoms with Gasteiger partial charge in [-0.1, -0.05) is 0 Å². The normalized spacial score (nSPS) is 21.1. The highest BCUT2D eigenvalue weighted by Crippen LogP contribution is 2.33. The highest BCUT2D eigenvalue weighted by molar-refractivity contribution is 5.93. The number of hydrogen-bond acceptors (Lipinski definition) is 10. The second-order valence-electron chi connectivity index (χ2n) is 8.13. The lowest BCUT2D eigenvalue weighted by atomic mass is 10.1. The first-order chi connectivity index (χ1) is 16.4. The minimum Gasteiger partial charge on any atom is -0.401 e. The van der Waals surface area contributed by atoms with E-state index in [1.165, 1.54) is 30.4 Å². The molecule has 2 aliphatic heterocycles. The van der Waals surface area contributed by atoms with Crippen molar-refractivity contribution in [3.05, 3.63) is 51.8 Å². The van der Waals surface area contributed by atoms with E-state index in [2.05, 4.69) is 9.97 Å². The molecule has 0 amide bonds. The molecule has 2 fully saturated rings. The number of aliphatic hydroxyl groups is 2. The number of furan rings is 1. The summed E-state index contributed by atoms with van der Waals surface area (Å²) in [4.78, 5) is 22.8. The van der Waals surface area contributed by atoms with Gasteiger partial charge in [0, 0.05) is 37.6 Å². The monoisotopic (exact) mass is 471 g/mol. The van der Waals surface area contributed by atoms with E-state index in [1.807, 2.05) is 4.90 Å². The number of aliphatic hydroxyl groups excluding tert-OH is 2. The van der Waals surface area contributed by atoms with Crippen molar-refractivity contribution >= 4 is 40.4 Å². The molecule has 3 aromatic rings. The minimum absolute atomic E-state index is 0.158. The fourth-order valence-corrected chi connectivity index (χ4v) is 4.13. The Hall–Kier alpha value is -3.61. The summed E-state index contributed by atoms with van der Waals surface area (Å²) in [6, 6.07) is 5.70. The quantitative estimate of drug-likeness (QED) is 0.418. The molecule has 11 nitrogen and oxygen atoms in total. The lowest BCUT2D eigenvalue weighted by Crippen LogP contribution is -2.36. The van der Waals surface area contributed by atoms with E-state index < -0.39 is 28.8 Å². The number of benzene rings is 1. The van der Waals surface area contributed by atoms with Crippen molar-refractivity contribution < 1.29 is 28.7 Å². The highest BCUT2D eigenvalue weighted by atomic mass is 19.1. The first-order valence-corrected chi connectivity index (χ1v) is 10.8. The van der Waals surface area contributed by atoms with Crippen LogP contribution in [-0.4, -0.2) is 76.7 Å². The molecule has 0 saturated carbocycles. The fourth-order valence-electron chi connectivity index (χ4n) is 4.13. The zero-order valence-corrected chi connectivity index (χ0v) is 18.0. The van der Waals surface area contributed by atoms with Gasteiger partial charge in [0.2, 0.25) is 0 Å². The lowest BCUT2D eigenvalue weighted by Gasteiger charge is -2.29. The van der Waals surface area contributed by atoms with Gasteiger partial charge in [0.05, 0.1) is 42.7 Å². The molecule has 4 heterocycles. The Kier molecular flexibility index (Phi) is 5.86. The second kappa shape index (κ2) is 8.97. The Morgan fingerprint density at radius 1 is 1.09 bits per heavy atom. The van der Waals surface area contributed by atoms with Crippen LogP contribution in [0.1, 0.15) is 11.6 Å². The Morgan fingerprint density at radius 3 is 2.50 bits per heavy atom. The first kappa shape index (κ1) is 22.2. The molecule has 1 aromatic carbocycles. The standard InChI is InChI=1S/C22H22FN5O6/c23-15-10-16-14(9-17(15)26-5-7-33-8-6-26)22(27-11-18(29)19(30)12-27)25-20(24-16)3-1-13-2-4-21(34-13)28(31)32/h1-4,9-10,18-19,29-30H,5-8,11-12H2/b3-1+/t18-,19-/m0/s1. The number of aromatic nitrogens is 2. The van der Waals surface area contributed by atoms with Crippen molar-refractivity contribution in [3.8, 4) is 0 Å². The van der Waals surface area contributed by atoms with Crippen molar-refractivity contribution in [1.82, 2.24) is 9.97 Å². The summed E-state index contributed by atoms with van der Waals surface area (Å²) in [6.45, 7) is 2.42. The summed E-state index contributed by atoms with van der Waals surface area (Å²) < 4.78 is 25.6. The maximum Gasteiger partial charge on any atom is 0.433 e. The van der Waals surface area contributed by atoms with Crippen LogP contribution in [0.3, 0.4) is 0 Å². The first-order valence-electron chi connectivity index (χ1n) is 10.8. The summed E-state index contributed by atoms with van der Waals surface area (Å²) in [5.41, 5.74) is 0.757. The van der Waals surface area contributed by atoms with Crippen LogP contribution in [0.25, 0.3) is 23.1 Å². The molecular weight excluding hydrogens is 449 g/mol. The zero-order valence-electron chi connectivity index (χ0n) is 18.0. The van der Waals surface area contributed by atoms with Crippen LogP contribution in [-0.2, 0) is 4.74 Å². The average molecular weight is 471 g/mol. The topological polar surface area (TPSA) is 138 Å². The maximum absolute atomic E-state index is 15.1. The van der Waals surface area contributed by atoms with Crippen molar-refractivity contribution in [2.75, 3.05) is 49.2 Å². The van der Waals surface area contributed by atoms with Gasteiger partial charge in [-0.15, -0.1) is 0 Å². The predicted octanol–water partition coefficient (Wildman–Crippen LogP) is 1.82. The number of nitro groups is 1. The fraction of sp³-hybridized carbons (Fsp3) is 0.364. The summed E-state index contributed by atoms with van der Waals surface area (Å²) >= 11 is 0. The molecule has 2 aliphatic rings. The lowest BCUT2D eigenvalue weighted by molar-refractivity contribution is -0.402. The maximum atomic E-state index is 15.1. The van der Waals surface area contributed by atoms with Gasteiger partial charge < -0.3 is 29.2 Å². The van der Waals surface area contributed by atoms with E-state index in [-0.39, 0.29) is 24.7 Å². The molecule has 0 spiro atoms. The summed E-state index contributed by atoms with van der Waals surface area (Å²) in [5, 5.41) is 31.6. The van der Waals surface area contributed by atoms with Crippen LogP contribution in [0.15, 0.2) is 28.7 Å². The third kappa shape index (κ3) is 4.30. The molecule has 0 bridgehead atoms. The molecule has 0 unspecified atom stereocenters. The molecule has 12 heteroatoms. The van der Waals surface area contributed by atoms with Gasteiger partial charge in [-0.3, -0.25) is 10.1 Å². The van der Waals surface area contributed by atoms with Gasteiger partial charge >= 0.3 is 5.88 Å². The molecule has 2 atom stereocenters. The number of β-amino-alcohol motifs (C(OH)–C–C–N with tert-alkyl or cyclic N) is 2. The molecule has 2 aromatic heterocycles. The molecule has 0 radical (unpaired) electrons. The smallest absolute Gasteiger partial charge is 0.401 e. The van der Waals surface area contributed by atoms with Gasteiger partial charge in [0.1, 0.15) is 22.3 Å². The number of nitrogens with zero attached hydrogens (tertiary/aromatic N) is 5. The minimum atomic E-state index is -0.938. The van der Waals surface area contributed by atoms with Crippen molar-refractivity contribution in [1.29, 1.82) is 0 Å². The number of halogens is 1. The third-order valence-corrected chi connectivity index (χ3v) is 5.86. The molecule has 5 rings (SSSR count). The van der Waals surface area contributed by atoms with Crippen LogP contribution in [0.4, 0.5) is 21.8 Å². The van der Waals surface area contributed by atoms with Gasteiger partial charge in [0.25, 0.3) is 0 Å². The van der Waals surface area contributed by atoms with Gasteiger partial charge in [-0.25, -0.2) is 14.4 Å². The van der Waals surface area contributed by atoms with Crippen molar-refractivity contribution in [2.45, 2.75) is 12.2 Å². The van der Waals surface area contributed by atoms with Gasteiger partial charge in [-0.2, -0.15) is 0 Å². The molecule has 2 N–H and O–H groups in total. The van der Waals surface area contributed by atoms with Crippen molar-refractivity contribution in [2.24, 2.45) is 0 Å². The van der Waals surface area contributed by atoms with E-state index in [4.69, 9.17) is 9.15 Å². The third-order valence-electron chi connectivity index (χ3n) is 5.86. The largest absolute Gasteiger partial charge is 0.433 e. The number of hydrogen-bond donors (Lipinski definition) is 2. The van der Waals surface area contributed by atoms with Gasteiger partial charge in [0.15, 0.2) is 5.82 Å². The number of rotatable bonds is 5. The highest BCUT2D eigenvalue weighted by Gasteiger charge is 2.32. The van der Waals surface area contributed by atoms with Gasteiger partial charge in [-0.05, 0) is 24.3 Å². The predicted molar refractivity (Wildman–Crippen MR) is 121 cm³/mol. The van der Waals surface area contributed by atoms with Crippen LogP contribution in [0, 0.1) is 15.9 Å². The zero-order chi connectivity index (χ0) is 23.8. The Bertz CT molecular complexity index is 1250. The van der Waals surface area contributed by atoms with Crippen LogP contribution >= 0.6 is 0 Å². The van der Waals surface area contributed by atoms with Crippen LogP contribution < -0.4 is 9.80 Å². The number of ether oxygens (including phenoxy) is 1. The van der Waals surface area contributed by atoms with Crippen LogP contribution in [0.5, 0.6) is 0 Å². The summed E-state index contributed by atoms with van der Waals surface area (Å²) in [7, 11) is 0. The second-order valence-corrected chi connectivity index (χ2v) is 8.13. The van der Waals surface area contributed by atoms with E-state index in [0.717, 1.165) is 0 Å². The van der Waals surface area contributed by atoms with Crippen molar-refractivity contribution in [3.63, 3.8) is 0 Å². The number of morpholine rings is 1. The number of fused-ring (bicyclic) bond motifs is 1. The summed E-state index contributed by atoms with van der Waals surface area (Å²) in [6.07, 6.45) is 1.10. The van der Waals surface area contributed by atoms with E-state index in [9.17, 15) is 20.3 Å². The number of anilines is 2.